The van der Waals surface area contributed by atoms with E-state index in [0.29, 0.717) is 24.4 Å². The molecule has 0 radical (unpaired) electrons. The number of aliphatic hydroxyl groups excluding tert-OH is 1. The third-order valence-corrected chi connectivity index (χ3v) is 5.26. The fourth-order valence-electron chi connectivity index (χ4n) is 2.19. The number of hydrogen-bond donors (Lipinski definition) is 2. The van der Waals surface area contributed by atoms with Crippen LogP contribution in [0.3, 0.4) is 0 Å². The van der Waals surface area contributed by atoms with E-state index < -0.39 is 16.1 Å². The van der Waals surface area contributed by atoms with Crippen LogP contribution in [0.15, 0.2) is 53.4 Å². The molecule has 2 aromatic rings. The summed E-state index contributed by atoms with van der Waals surface area (Å²) in [4.78, 5) is 0.159. The highest BCUT2D eigenvalue weighted by atomic mass is 35.5. The van der Waals surface area contributed by atoms with E-state index in [-0.39, 0.29) is 4.90 Å². The lowest BCUT2D eigenvalue weighted by Gasteiger charge is -2.10. The highest BCUT2D eigenvalue weighted by molar-refractivity contribution is 7.89. The third kappa shape index (κ3) is 5.04. The summed E-state index contributed by atoms with van der Waals surface area (Å²) in [5.74, 6) is 0. The maximum Gasteiger partial charge on any atom is 0.240 e. The van der Waals surface area contributed by atoms with E-state index in [9.17, 15) is 13.5 Å². The second-order valence-electron chi connectivity index (χ2n) is 5.27. The van der Waals surface area contributed by atoms with Crippen LogP contribution in [0.2, 0.25) is 5.02 Å². The standard InChI is InChI=1S/C17H20ClNO3S/c1-2-17(20)14-8-6-13(7-9-14)10-11-19-23(21,22)16-5-3-4-15(18)12-16/h3-9,12,17,19-20H,2,10-11H2,1H3. The molecule has 0 aliphatic heterocycles. The van der Waals surface area contributed by atoms with Gasteiger partial charge < -0.3 is 5.11 Å². The minimum absolute atomic E-state index is 0.159. The Labute approximate surface area is 142 Å². The van der Waals surface area contributed by atoms with Crippen LogP contribution in [0.1, 0.15) is 30.6 Å². The van der Waals surface area contributed by atoms with Crippen molar-refractivity contribution < 1.29 is 13.5 Å². The van der Waals surface area contributed by atoms with Crippen molar-refractivity contribution in [2.45, 2.75) is 30.8 Å². The van der Waals surface area contributed by atoms with Crippen molar-refractivity contribution in [1.82, 2.24) is 4.72 Å². The van der Waals surface area contributed by atoms with E-state index in [1.165, 1.54) is 12.1 Å². The van der Waals surface area contributed by atoms with Crippen molar-refractivity contribution in [3.8, 4) is 0 Å². The molecule has 2 N–H and O–H groups in total. The predicted molar refractivity (Wildman–Crippen MR) is 92.0 cm³/mol. The Kier molecular flexibility index (Phi) is 6.18. The summed E-state index contributed by atoms with van der Waals surface area (Å²) in [6, 6.07) is 13.7. The van der Waals surface area contributed by atoms with Crippen molar-refractivity contribution in [2.24, 2.45) is 0 Å². The quantitative estimate of drug-likeness (QED) is 0.802. The first kappa shape index (κ1) is 17.9. The number of aliphatic hydroxyl groups is 1. The van der Waals surface area contributed by atoms with E-state index in [2.05, 4.69) is 4.72 Å². The first-order chi connectivity index (χ1) is 10.9. The van der Waals surface area contributed by atoms with Gasteiger partial charge in [-0.25, -0.2) is 13.1 Å². The molecule has 2 aromatic carbocycles. The van der Waals surface area contributed by atoms with Gasteiger partial charge in [-0.2, -0.15) is 0 Å². The van der Waals surface area contributed by atoms with Crippen molar-refractivity contribution in [2.75, 3.05) is 6.54 Å². The number of sulfonamides is 1. The van der Waals surface area contributed by atoms with Crippen molar-refractivity contribution in [3.63, 3.8) is 0 Å². The van der Waals surface area contributed by atoms with Gasteiger partial charge >= 0.3 is 0 Å². The molecule has 0 aliphatic rings. The summed E-state index contributed by atoms with van der Waals surface area (Å²) in [6.45, 7) is 2.22. The van der Waals surface area contributed by atoms with Crippen LogP contribution in [0.25, 0.3) is 0 Å². The summed E-state index contributed by atoms with van der Waals surface area (Å²) in [5.41, 5.74) is 1.88. The molecular formula is C17H20ClNO3S. The molecule has 0 bridgehead atoms. The lowest BCUT2D eigenvalue weighted by atomic mass is 10.0. The summed E-state index contributed by atoms with van der Waals surface area (Å²) >= 11 is 5.82. The maximum absolute atomic E-state index is 12.2. The molecule has 1 atom stereocenters. The molecule has 0 fully saturated rings. The van der Waals surface area contributed by atoms with Crippen LogP contribution >= 0.6 is 11.6 Å². The first-order valence-electron chi connectivity index (χ1n) is 7.44. The molecule has 0 saturated carbocycles. The summed E-state index contributed by atoms with van der Waals surface area (Å²) in [7, 11) is -3.55. The van der Waals surface area contributed by atoms with Crippen molar-refractivity contribution >= 4 is 21.6 Å². The second kappa shape index (κ2) is 7.93. The van der Waals surface area contributed by atoms with Gasteiger partial charge in [0.25, 0.3) is 0 Å². The van der Waals surface area contributed by atoms with Gasteiger partial charge in [0.05, 0.1) is 11.0 Å². The average Bonchev–Trinajstić information content (AvgIpc) is 2.54. The van der Waals surface area contributed by atoms with Crippen molar-refractivity contribution in [3.05, 3.63) is 64.7 Å². The van der Waals surface area contributed by atoms with Crippen LogP contribution in [-0.4, -0.2) is 20.1 Å². The Bertz CT molecular complexity index is 745. The number of nitrogens with one attached hydrogen (secondary N) is 1. The minimum Gasteiger partial charge on any atom is -0.388 e. The predicted octanol–water partition coefficient (Wildman–Crippen LogP) is 3.30. The smallest absolute Gasteiger partial charge is 0.240 e. The highest BCUT2D eigenvalue weighted by Crippen LogP contribution is 2.17. The van der Waals surface area contributed by atoms with E-state index in [1.54, 1.807) is 12.1 Å². The zero-order valence-electron chi connectivity index (χ0n) is 12.9. The Hall–Kier alpha value is -1.40. The molecule has 4 nitrogen and oxygen atoms in total. The molecule has 23 heavy (non-hydrogen) atoms. The second-order valence-corrected chi connectivity index (χ2v) is 7.47. The SMILES string of the molecule is CCC(O)c1ccc(CCNS(=O)(=O)c2cccc(Cl)c2)cc1. The van der Waals surface area contributed by atoms with Gasteiger partial charge in [-0.15, -0.1) is 0 Å². The minimum atomic E-state index is -3.55. The van der Waals surface area contributed by atoms with Crippen LogP contribution < -0.4 is 4.72 Å². The molecule has 124 valence electrons. The number of hydrogen-bond acceptors (Lipinski definition) is 3. The van der Waals surface area contributed by atoms with Crippen LogP contribution in [-0.2, 0) is 16.4 Å². The zero-order chi connectivity index (χ0) is 16.9. The largest absolute Gasteiger partial charge is 0.388 e. The fourth-order valence-corrected chi connectivity index (χ4v) is 3.52. The molecule has 0 spiro atoms. The van der Waals surface area contributed by atoms with Gasteiger partial charge in [0.15, 0.2) is 0 Å². The van der Waals surface area contributed by atoms with E-state index >= 15 is 0 Å². The van der Waals surface area contributed by atoms with Gasteiger partial charge in [-0.3, -0.25) is 0 Å². The summed E-state index contributed by atoms with van der Waals surface area (Å²) in [6.07, 6.45) is 0.784. The fraction of sp³-hybridized carbons (Fsp3) is 0.294. The van der Waals surface area contributed by atoms with Gasteiger partial charge in [0.2, 0.25) is 10.0 Å². The molecule has 1 unspecified atom stereocenters. The summed E-state index contributed by atoms with van der Waals surface area (Å²) in [5, 5.41) is 10.1. The normalized spacial score (nSPS) is 13.0. The Morgan fingerprint density at radius 1 is 1.17 bits per heavy atom. The Balaban J connectivity index is 1.94. The topological polar surface area (TPSA) is 66.4 Å². The van der Waals surface area contributed by atoms with Gasteiger partial charge in [-0.1, -0.05) is 48.9 Å². The molecule has 0 heterocycles. The zero-order valence-corrected chi connectivity index (χ0v) is 14.4. The molecular weight excluding hydrogens is 334 g/mol. The van der Waals surface area contributed by atoms with E-state index in [1.807, 2.05) is 31.2 Å². The molecule has 0 aromatic heterocycles. The van der Waals surface area contributed by atoms with Crippen molar-refractivity contribution in [1.29, 1.82) is 0 Å². The summed E-state index contributed by atoms with van der Waals surface area (Å²) < 4.78 is 26.9. The lowest BCUT2D eigenvalue weighted by molar-refractivity contribution is 0.173. The van der Waals surface area contributed by atoms with E-state index in [0.717, 1.165) is 11.1 Å². The monoisotopic (exact) mass is 353 g/mol. The van der Waals surface area contributed by atoms with Gasteiger partial charge in [0, 0.05) is 11.6 Å². The van der Waals surface area contributed by atoms with Crippen LogP contribution in [0, 0.1) is 0 Å². The number of halogens is 1. The van der Waals surface area contributed by atoms with Crippen LogP contribution in [0.4, 0.5) is 0 Å². The molecule has 6 heteroatoms. The maximum atomic E-state index is 12.2. The first-order valence-corrected chi connectivity index (χ1v) is 9.30. The average molecular weight is 354 g/mol. The number of benzene rings is 2. The Morgan fingerprint density at radius 3 is 2.48 bits per heavy atom. The van der Waals surface area contributed by atoms with E-state index in [4.69, 9.17) is 11.6 Å². The Morgan fingerprint density at radius 2 is 1.87 bits per heavy atom. The van der Waals surface area contributed by atoms with Crippen LogP contribution in [0.5, 0.6) is 0 Å². The lowest BCUT2D eigenvalue weighted by Crippen LogP contribution is -2.26. The highest BCUT2D eigenvalue weighted by Gasteiger charge is 2.13. The van der Waals surface area contributed by atoms with Gasteiger partial charge in [0.1, 0.15) is 0 Å². The molecule has 0 amide bonds. The molecule has 0 aliphatic carbocycles. The van der Waals surface area contributed by atoms with Gasteiger partial charge in [-0.05, 0) is 42.2 Å². The third-order valence-electron chi connectivity index (χ3n) is 3.56. The molecule has 2 rings (SSSR count). The molecule has 0 saturated heterocycles. The number of rotatable bonds is 7.